The smallest absolute Gasteiger partial charge is 0.191 e. The Balaban J connectivity index is 2.00. The van der Waals surface area contributed by atoms with E-state index in [1.165, 1.54) is 23.9 Å². The molecule has 0 bridgehead atoms. The van der Waals surface area contributed by atoms with E-state index in [0.29, 0.717) is 34.0 Å². The number of hydrogen-bond donors (Lipinski definition) is 1. The maximum Gasteiger partial charge on any atom is 0.191 e. The first kappa shape index (κ1) is 16.9. The molecule has 0 aromatic heterocycles. The van der Waals surface area contributed by atoms with E-state index in [9.17, 15) is 14.3 Å². The van der Waals surface area contributed by atoms with Crippen molar-refractivity contribution in [1.82, 2.24) is 0 Å². The SMILES string of the molecule is CCOc1cc(/C=C2/CSc3c(F)cccc3C2=O)cc(Cl)c1O. The van der Waals surface area contributed by atoms with Crippen molar-refractivity contribution in [2.45, 2.75) is 11.8 Å². The van der Waals surface area contributed by atoms with Crippen molar-refractivity contribution >= 4 is 35.2 Å². The summed E-state index contributed by atoms with van der Waals surface area (Å²) in [5.74, 6) is -0.0758. The van der Waals surface area contributed by atoms with E-state index in [4.69, 9.17) is 16.3 Å². The number of ketones is 1. The van der Waals surface area contributed by atoms with Crippen LogP contribution in [0.1, 0.15) is 22.8 Å². The second-order valence-corrected chi connectivity index (χ2v) is 6.58. The van der Waals surface area contributed by atoms with Crippen molar-refractivity contribution in [1.29, 1.82) is 0 Å². The third-order valence-electron chi connectivity index (χ3n) is 3.57. The van der Waals surface area contributed by atoms with Crippen LogP contribution in [-0.2, 0) is 0 Å². The van der Waals surface area contributed by atoms with Gasteiger partial charge in [0.25, 0.3) is 0 Å². The lowest BCUT2D eigenvalue weighted by Crippen LogP contribution is -2.13. The number of halogens is 2. The molecule has 1 heterocycles. The lowest BCUT2D eigenvalue weighted by atomic mass is 10.0. The third-order valence-corrected chi connectivity index (χ3v) is 5.01. The van der Waals surface area contributed by atoms with Crippen LogP contribution in [0.2, 0.25) is 5.02 Å². The number of aromatic hydroxyl groups is 1. The third kappa shape index (κ3) is 3.14. The minimum Gasteiger partial charge on any atom is -0.503 e. The summed E-state index contributed by atoms with van der Waals surface area (Å²) in [4.78, 5) is 13.0. The van der Waals surface area contributed by atoms with Gasteiger partial charge in [0, 0.05) is 16.9 Å². The van der Waals surface area contributed by atoms with Crippen LogP contribution in [0.4, 0.5) is 4.39 Å². The number of carbonyl (C=O) groups excluding carboxylic acids is 1. The largest absolute Gasteiger partial charge is 0.503 e. The molecular weight excluding hydrogens is 351 g/mol. The van der Waals surface area contributed by atoms with Gasteiger partial charge >= 0.3 is 0 Å². The van der Waals surface area contributed by atoms with Crippen molar-refractivity contribution < 1.29 is 19.0 Å². The Hall–Kier alpha value is -1.98. The zero-order valence-electron chi connectivity index (χ0n) is 12.8. The second-order valence-electron chi connectivity index (χ2n) is 5.19. The Labute approximate surface area is 148 Å². The van der Waals surface area contributed by atoms with Gasteiger partial charge in [-0.05, 0) is 42.8 Å². The summed E-state index contributed by atoms with van der Waals surface area (Å²) in [6, 6.07) is 7.68. The summed E-state index contributed by atoms with van der Waals surface area (Å²) in [5, 5.41) is 10.0. The Morgan fingerprint density at radius 2 is 2.21 bits per heavy atom. The number of hydrogen-bond acceptors (Lipinski definition) is 4. The van der Waals surface area contributed by atoms with E-state index >= 15 is 0 Å². The van der Waals surface area contributed by atoms with E-state index in [0.717, 1.165) is 0 Å². The molecule has 0 radical (unpaired) electrons. The standard InChI is InChI=1S/C18H14ClFO3S/c1-2-23-15-8-10(7-13(19)17(15)22)6-11-9-24-18-12(16(11)21)4-3-5-14(18)20/h3-8,22H,2,9H2,1H3/b11-6-. The maximum absolute atomic E-state index is 13.8. The number of fused-ring (bicyclic) bond motifs is 1. The summed E-state index contributed by atoms with van der Waals surface area (Å²) >= 11 is 7.30. The van der Waals surface area contributed by atoms with Gasteiger partial charge in [-0.15, -0.1) is 11.8 Å². The van der Waals surface area contributed by atoms with Gasteiger partial charge in [-0.1, -0.05) is 17.7 Å². The van der Waals surface area contributed by atoms with Gasteiger partial charge in [0.2, 0.25) is 0 Å². The van der Waals surface area contributed by atoms with Crippen molar-refractivity contribution in [3.63, 3.8) is 0 Å². The van der Waals surface area contributed by atoms with Crippen LogP contribution < -0.4 is 4.74 Å². The molecule has 0 saturated heterocycles. The van der Waals surface area contributed by atoms with Gasteiger partial charge in [0.05, 0.1) is 16.5 Å². The molecule has 6 heteroatoms. The van der Waals surface area contributed by atoms with Crippen LogP contribution in [-0.4, -0.2) is 23.2 Å². The van der Waals surface area contributed by atoms with E-state index in [1.54, 1.807) is 31.2 Å². The summed E-state index contributed by atoms with van der Waals surface area (Å²) < 4.78 is 19.1. The molecular formula is C18H14ClFO3S. The summed E-state index contributed by atoms with van der Waals surface area (Å²) in [6.45, 7) is 2.18. The first-order valence-corrected chi connectivity index (χ1v) is 8.69. The van der Waals surface area contributed by atoms with Gasteiger partial charge in [-0.3, -0.25) is 4.79 Å². The molecule has 1 N–H and O–H groups in total. The zero-order valence-corrected chi connectivity index (χ0v) is 14.4. The van der Waals surface area contributed by atoms with Gasteiger partial charge < -0.3 is 9.84 Å². The number of rotatable bonds is 3. The number of thioether (sulfide) groups is 1. The van der Waals surface area contributed by atoms with Crippen LogP contribution in [0.5, 0.6) is 11.5 Å². The van der Waals surface area contributed by atoms with Crippen LogP contribution >= 0.6 is 23.4 Å². The summed E-state index contributed by atoms with van der Waals surface area (Å²) in [7, 11) is 0. The average Bonchev–Trinajstić information content (AvgIpc) is 2.55. The first-order valence-electron chi connectivity index (χ1n) is 7.33. The van der Waals surface area contributed by atoms with Crippen molar-refractivity contribution in [3.05, 3.63) is 57.9 Å². The fourth-order valence-electron chi connectivity index (χ4n) is 2.47. The number of phenolic OH excluding ortho intramolecular Hbond substituents is 1. The number of carbonyl (C=O) groups is 1. The zero-order chi connectivity index (χ0) is 17.3. The Kier molecular flexibility index (Phi) is 4.83. The quantitative estimate of drug-likeness (QED) is 0.782. The van der Waals surface area contributed by atoms with Crippen LogP contribution in [0.3, 0.4) is 0 Å². The van der Waals surface area contributed by atoms with Gasteiger partial charge in [-0.2, -0.15) is 0 Å². The van der Waals surface area contributed by atoms with Crippen molar-refractivity contribution in [3.8, 4) is 11.5 Å². The predicted octanol–water partition coefficient (Wildman–Crippen LogP) is 4.96. The maximum atomic E-state index is 13.8. The van der Waals surface area contributed by atoms with E-state index in [1.807, 2.05) is 0 Å². The second kappa shape index (κ2) is 6.87. The van der Waals surface area contributed by atoms with E-state index in [2.05, 4.69) is 0 Å². The van der Waals surface area contributed by atoms with Crippen LogP contribution in [0.25, 0.3) is 6.08 Å². The molecule has 24 heavy (non-hydrogen) atoms. The molecule has 0 unspecified atom stereocenters. The summed E-state index contributed by atoms with van der Waals surface area (Å²) in [5.41, 5.74) is 1.56. The molecule has 0 saturated carbocycles. The molecule has 3 rings (SSSR count). The van der Waals surface area contributed by atoms with Gasteiger partial charge in [0.15, 0.2) is 17.3 Å². The minimum atomic E-state index is -0.379. The Morgan fingerprint density at radius 1 is 1.42 bits per heavy atom. The van der Waals surface area contributed by atoms with Gasteiger partial charge in [-0.25, -0.2) is 4.39 Å². The molecule has 124 valence electrons. The number of ether oxygens (including phenoxy) is 1. The molecule has 1 aliphatic rings. The fraction of sp³-hybridized carbons (Fsp3) is 0.167. The van der Waals surface area contributed by atoms with E-state index < -0.39 is 0 Å². The molecule has 0 atom stereocenters. The molecule has 1 aliphatic heterocycles. The van der Waals surface area contributed by atoms with Crippen LogP contribution in [0, 0.1) is 5.82 Å². The first-order chi connectivity index (χ1) is 11.5. The number of phenols is 1. The summed E-state index contributed by atoms with van der Waals surface area (Å²) in [6.07, 6.45) is 1.69. The Bertz CT molecular complexity index is 848. The molecule has 2 aromatic rings. The molecule has 0 spiro atoms. The lowest BCUT2D eigenvalue weighted by Gasteiger charge is -2.17. The Morgan fingerprint density at radius 3 is 2.96 bits per heavy atom. The van der Waals surface area contributed by atoms with E-state index in [-0.39, 0.29) is 28.1 Å². The molecule has 0 fully saturated rings. The monoisotopic (exact) mass is 364 g/mol. The minimum absolute atomic E-state index is 0.127. The highest BCUT2D eigenvalue weighted by Gasteiger charge is 2.25. The average molecular weight is 365 g/mol. The predicted molar refractivity (Wildman–Crippen MR) is 93.7 cm³/mol. The molecule has 0 amide bonds. The van der Waals surface area contributed by atoms with Crippen LogP contribution in [0.15, 0.2) is 40.8 Å². The lowest BCUT2D eigenvalue weighted by molar-refractivity contribution is 0.103. The topological polar surface area (TPSA) is 46.5 Å². The van der Waals surface area contributed by atoms with Crippen molar-refractivity contribution in [2.75, 3.05) is 12.4 Å². The normalized spacial score (nSPS) is 15.5. The molecule has 2 aromatic carbocycles. The van der Waals surface area contributed by atoms with Crippen molar-refractivity contribution in [2.24, 2.45) is 0 Å². The molecule has 3 nitrogen and oxygen atoms in total. The molecule has 0 aliphatic carbocycles. The number of Topliss-reactive ketones (excluding diaryl/α,β-unsaturated/α-hetero) is 1. The van der Waals surface area contributed by atoms with Gasteiger partial charge in [0.1, 0.15) is 5.82 Å². The highest BCUT2D eigenvalue weighted by Crippen LogP contribution is 2.38. The highest BCUT2D eigenvalue weighted by molar-refractivity contribution is 7.99. The highest BCUT2D eigenvalue weighted by atomic mass is 35.5. The fourth-order valence-corrected chi connectivity index (χ4v) is 3.73. The number of benzene rings is 2.